The van der Waals surface area contributed by atoms with Gasteiger partial charge in [-0.05, 0) is 43.5 Å². The maximum absolute atomic E-state index is 6.06. The third-order valence-corrected chi connectivity index (χ3v) is 4.16. The summed E-state index contributed by atoms with van der Waals surface area (Å²) in [6.07, 6.45) is 1.09. The van der Waals surface area contributed by atoms with Gasteiger partial charge in [0.2, 0.25) is 0 Å². The van der Waals surface area contributed by atoms with E-state index in [1.807, 2.05) is 12.1 Å². The number of halogens is 1. The van der Waals surface area contributed by atoms with Gasteiger partial charge in [-0.2, -0.15) is 0 Å². The molecule has 114 valence electrons. The molecule has 0 fully saturated rings. The van der Waals surface area contributed by atoms with Gasteiger partial charge in [-0.3, -0.25) is 4.90 Å². The average Bonchev–Trinajstić information content (AvgIpc) is 2.44. The van der Waals surface area contributed by atoms with E-state index in [9.17, 15) is 0 Å². The first-order chi connectivity index (χ1) is 9.54. The van der Waals surface area contributed by atoms with Crippen molar-refractivity contribution >= 4 is 11.6 Å². The summed E-state index contributed by atoms with van der Waals surface area (Å²) in [4.78, 5) is 2.43. The summed E-state index contributed by atoms with van der Waals surface area (Å²) in [5.74, 6) is 0. The molecule has 2 atom stereocenters. The minimum Gasteiger partial charge on any atom is -0.383 e. The SMILES string of the molecule is CCC(C)N(CCOC)C(CN)c1ccc(Cl)cc1C. The van der Waals surface area contributed by atoms with Crippen molar-refractivity contribution in [1.29, 1.82) is 0 Å². The lowest BCUT2D eigenvalue weighted by atomic mass is 9.98. The van der Waals surface area contributed by atoms with E-state index in [4.69, 9.17) is 22.1 Å². The number of hydrogen-bond acceptors (Lipinski definition) is 3. The van der Waals surface area contributed by atoms with E-state index < -0.39 is 0 Å². The van der Waals surface area contributed by atoms with Crippen LogP contribution in [0.5, 0.6) is 0 Å². The molecule has 0 saturated carbocycles. The summed E-state index contributed by atoms with van der Waals surface area (Å²) in [5.41, 5.74) is 8.51. The number of nitrogens with two attached hydrogens (primary N) is 1. The van der Waals surface area contributed by atoms with Crippen LogP contribution in [0.15, 0.2) is 18.2 Å². The highest BCUT2D eigenvalue weighted by Crippen LogP contribution is 2.27. The van der Waals surface area contributed by atoms with Gasteiger partial charge in [0.25, 0.3) is 0 Å². The maximum Gasteiger partial charge on any atom is 0.0590 e. The van der Waals surface area contributed by atoms with Crippen molar-refractivity contribution in [3.8, 4) is 0 Å². The van der Waals surface area contributed by atoms with Crippen LogP contribution in [0, 0.1) is 6.92 Å². The number of methoxy groups -OCH3 is 1. The Bertz CT molecular complexity index is 411. The van der Waals surface area contributed by atoms with Gasteiger partial charge < -0.3 is 10.5 Å². The summed E-state index contributed by atoms with van der Waals surface area (Å²) < 4.78 is 5.24. The smallest absolute Gasteiger partial charge is 0.0590 e. The van der Waals surface area contributed by atoms with Gasteiger partial charge in [0.1, 0.15) is 0 Å². The van der Waals surface area contributed by atoms with Crippen molar-refractivity contribution in [3.05, 3.63) is 34.3 Å². The number of rotatable bonds is 8. The van der Waals surface area contributed by atoms with Gasteiger partial charge in [0.05, 0.1) is 6.61 Å². The number of nitrogens with zero attached hydrogens (tertiary/aromatic N) is 1. The van der Waals surface area contributed by atoms with Crippen LogP contribution in [0.2, 0.25) is 5.02 Å². The first-order valence-corrected chi connectivity index (χ1v) is 7.63. The number of benzene rings is 1. The Hall–Kier alpha value is -0.610. The van der Waals surface area contributed by atoms with E-state index in [0.29, 0.717) is 19.2 Å². The van der Waals surface area contributed by atoms with Gasteiger partial charge in [-0.1, -0.05) is 24.6 Å². The molecule has 4 heteroatoms. The Morgan fingerprint density at radius 1 is 1.40 bits per heavy atom. The van der Waals surface area contributed by atoms with Crippen LogP contribution in [-0.2, 0) is 4.74 Å². The van der Waals surface area contributed by atoms with E-state index >= 15 is 0 Å². The third-order valence-electron chi connectivity index (χ3n) is 3.93. The molecule has 0 bridgehead atoms. The quantitative estimate of drug-likeness (QED) is 0.799. The zero-order valence-electron chi connectivity index (χ0n) is 13.0. The molecule has 0 heterocycles. The Labute approximate surface area is 128 Å². The fraction of sp³-hybridized carbons (Fsp3) is 0.625. The molecule has 0 saturated heterocycles. The molecule has 0 radical (unpaired) electrons. The van der Waals surface area contributed by atoms with E-state index in [2.05, 4.69) is 31.7 Å². The highest BCUT2D eigenvalue weighted by Gasteiger charge is 2.24. The fourth-order valence-electron chi connectivity index (χ4n) is 2.57. The highest BCUT2D eigenvalue weighted by molar-refractivity contribution is 6.30. The molecule has 0 aliphatic carbocycles. The van der Waals surface area contributed by atoms with Crippen LogP contribution in [0.1, 0.15) is 37.4 Å². The first-order valence-electron chi connectivity index (χ1n) is 7.25. The van der Waals surface area contributed by atoms with E-state index in [1.165, 1.54) is 11.1 Å². The zero-order valence-corrected chi connectivity index (χ0v) is 13.8. The van der Waals surface area contributed by atoms with Crippen molar-refractivity contribution < 1.29 is 4.74 Å². The Morgan fingerprint density at radius 2 is 2.10 bits per heavy atom. The minimum atomic E-state index is 0.206. The molecule has 1 aromatic carbocycles. The topological polar surface area (TPSA) is 38.5 Å². The first kappa shape index (κ1) is 17.4. The van der Waals surface area contributed by atoms with Gasteiger partial charge in [-0.25, -0.2) is 0 Å². The molecule has 1 rings (SSSR count). The normalized spacial score (nSPS) is 14.6. The summed E-state index contributed by atoms with van der Waals surface area (Å²) in [6, 6.07) is 6.71. The predicted molar refractivity (Wildman–Crippen MR) is 86.3 cm³/mol. The van der Waals surface area contributed by atoms with Crippen LogP contribution < -0.4 is 5.73 Å². The molecule has 0 spiro atoms. The zero-order chi connectivity index (χ0) is 15.1. The summed E-state index contributed by atoms with van der Waals surface area (Å²) in [5, 5.41) is 0.772. The predicted octanol–water partition coefficient (Wildman–Crippen LogP) is 3.40. The van der Waals surface area contributed by atoms with E-state index in [1.54, 1.807) is 7.11 Å². The number of hydrogen-bond donors (Lipinski definition) is 1. The van der Waals surface area contributed by atoms with Gasteiger partial charge in [0.15, 0.2) is 0 Å². The van der Waals surface area contributed by atoms with E-state index in [-0.39, 0.29) is 6.04 Å². The second-order valence-electron chi connectivity index (χ2n) is 5.24. The van der Waals surface area contributed by atoms with Gasteiger partial charge in [-0.15, -0.1) is 0 Å². The molecule has 0 aromatic heterocycles. The molecule has 20 heavy (non-hydrogen) atoms. The van der Waals surface area contributed by atoms with Crippen LogP contribution in [0.4, 0.5) is 0 Å². The minimum absolute atomic E-state index is 0.206. The molecule has 0 aliphatic heterocycles. The molecular formula is C16H27ClN2O. The molecular weight excluding hydrogens is 272 g/mol. The summed E-state index contributed by atoms with van der Waals surface area (Å²) in [6.45, 7) is 8.73. The van der Waals surface area contributed by atoms with Crippen molar-refractivity contribution in [2.24, 2.45) is 5.73 Å². The lowest BCUT2D eigenvalue weighted by Crippen LogP contribution is -2.42. The van der Waals surface area contributed by atoms with Crippen molar-refractivity contribution in [3.63, 3.8) is 0 Å². The van der Waals surface area contributed by atoms with Gasteiger partial charge in [0, 0.05) is 37.3 Å². The monoisotopic (exact) mass is 298 g/mol. The van der Waals surface area contributed by atoms with Crippen molar-refractivity contribution in [2.75, 3.05) is 26.8 Å². The molecule has 2 N–H and O–H groups in total. The second-order valence-corrected chi connectivity index (χ2v) is 5.68. The van der Waals surface area contributed by atoms with Crippen LogP contribution >= 0.6 is 11.6 Å². The Balaban J connectivity index is 3.04. The summed E-state index contributed by atoms with van der Waals surface area (Å²) in [7, 11) is 1.74. The van der Waals surface area contributed by atoms with Gasteiger partial charge >= 0.3 is 0 Å². The third kappa shape index (κ3) is 4.45. The molecule has 0 aliphatic rings. The lowest BCUT2D eigenvalue weighted by Gasteiger charge is -2.36. The maximum atomic E-state index is 6.06. The van der Waals surface area contributed by atoms with Crippen molar-refractivity contribution in [1.82, 2.24) is 4.90 Å². The number of aryl methyl sites for hydroxylation is 1. The fourth-order valence-corrected chi connectivity index (χ4v) is 2.80. The average molecular weight is 299 g/mol. The van der Waals surface area contributed by atoms with Crippen LogP contribution in [0.3, 0.4) is 0 Å². The molecule has 2 unspecified atom stereocenters. The molecule has 3 nitrogen and oxygen atoms in total. The second kappa shape index (κ2) is 8.63. The Kier molecular flexibility index (Phi) is 7.52. The Morgan fingerprint density at radius 3 is 2.60 bits per heavy atom. The van der Waals surface area contributed by atoms with Crippen LogP contribution in [-0.4, -0.2) is 37.7 Å². The molecule has 0 amide bonds. The standard InChI is InChI=1S/C16H27ClN2O/c1-5-13(3)19(8-9-20-4)16(11-18)15-7-6-14(17)10-12(15)2/h6-7,10,13,16H,5,8-9,11,18H2,1-4H3. The summed E-state index contributed by atoms with van der Waals surface area (Å²) >= 11 is 6.05. The lowest BCUT2D eigenvalue weighted by molar-refractivity contribution is 0.0900. The van der Waals surface area contributed by atoms with E-state index in [0.717, 1.165) is 18.0 Å². The molecule has 1 aromatic rings. The largest absolute Gasteiger partial charge is 0.383 e. The number of ether oxygens (including phenoxy) is 1. The van der Waals surface area contributed by atoms with Crippen LogP contribution in [0.25, 0.3) is 0 Å². The van der Waals surface area contributed by atoms with Crippen molar-refractivity contribution in [2.45, 2.75) is 39.3 Å². The highest BCUT2D eigenvalue weighted by atomic mass is 35.5.